The van der Waals surface area contributed by atoms with Gasteiger partial charge in [0.05, 0.1) is 6.54 Å². The van der Waals surface area contributed by atoms with Crippen LogP contribution in [0.4, 0.5) is 0 Å². The molecule has 19 heavy (non-hydrogen) atoms. The zero-order valence-electron chi connectivity index (χ0n) is 11.7. The second-order valence-electron chi connectivity index (χ2n) is 6.62. The molecule has 3 atom stereocenters. The SMILES string of the molecule is CC1CCCCC1CN1CC(=O)NC(C2CC2)C1=O. The van der Waals surface area contributed by atoms with Crippen LogP contribution in [0.1, 0.15) is 45.4 Å². The van der Waals surface area contributed by atoms with Crippen LogP contribution in [0.15, 0.2) is 0 Å². The first-order chi connectivity index (χ1) is 9.15. The van der Waals surface area contributed by atoms with Gasteiger partial charge in [0.25, 0.3) is 0 Å². The van der Waals surface area contributed by atoms with E-state index in [1.165, 1.54) is 25.7 Å². The van der Waals surface area contributed by atoms with Crippen molar-refractivity contribution >= 4 is 11.8 Å². The molecule has 2 aliphatic carbocycles. The molecule has 4 nitrogen and oxygen atoms in total. The van der Waals surface area contributed by atoms with Crippen LogP contribution >= 0.6 is 0 Å². The van der Waals surface area contributed by atoms with Gasteiger partial charge in [0.15, 0.2) is 0 Å². The highest BCUT2D eigenvalue weighted by molar-refractivity contribution is 5.95. The van der Waals surface area contributed by atoms with Crippen molar-refractivity contribution in [3.63, 3.8) is 0 Å². The summed E-state index contributed by atoms with van der Waals surface area (Å²) in [5, 5.41) is 2.88. The highest BCUT2D eigenvalue weighted by Gasteiger charge is 2.43. The van der Waals surface area contributed by atoms with Gasteiger partial charge >= 0.3 is 0 Å². The van der Waals surface area contributed by atoms with E-state index in [0.717, 1.165) is 19.4 Å². The van der Waals surface area contributed by atoms with Crippen molar-refractivity contribution in [1.82, 2.24) is 10.2 Å². The third-order valence-electron chi connectivity index (χ3n) is 5.07. The molecule has 0 aromatic rings. The smallest absolute Gasteiger partial charge is 0.245 e. The van der Waals surface area contributed by atoms with Crippen LogP contribution in [0.3, 0.4) is 0 Å². The Hall–Kier alpha value is -1.06. The molecule has 106 valence electrons. The van der Waals surface area contributed by atoms with Crippen LogP contribution in [-0.2, 0) is 9.59 Å². The van der Waals surface area contributed by atoms with Gasteiger partial charge in [-0.3, -0.25) is 9.59 Å². The van der Waals surface area contributed by atoms with Gasteiger partial charge < -0.3 is 10.2 Å². The summed E-state index contributed by atoms with van der Waals surface area (Å²) in [4.78, 5) is 26.1. The van der Waals surface area contributed by atoms with Crippen LogP contribution in [-0.4, -0.2) is 35.8 Å². The van der Waals surface area contributed by atoms with E-state index in [1.807, 2.05) is 4.90 Å². The van der Waals surface area contributed by atoms with Gasteiger partial charge in [0.2, 0.25) is 11.8 Å². The van der Waals surface area contributed by atoms with Gasteiger partial charge in [-0.25, -0.2) is 0 Å². The molecular formula is C15H24N2O2. The van der Waals surface area contributed by atoms with Gasteiger partial charge in [0, 0.05) is 6.54 Å². The number of carbonyl (C=O) groups excluding carboxylic acids is 2. The topological polar surface area (TPSA) is 49.4 Å². The second kappa shape index (κ2) is 5.14. The maximum atomic E-state index is 12.4. The Labute approximate surface area is 114 Å². The average molecular weight is 264 g/mol. The fourth-order valence-electron chi connectivity index (χ4n) is 3.58. The number of rotatable bonds is 3. The van der Waals surface area contributed by atoms with Crippen molar-refractivity contribution in [1.29, 1.82) is 0 Å². The molecule has 0 aromatic heterocycles. The van der Waals surface area contributed by atoms with E-state index in [0.29, 0.717) is 17.8 Å². The molecule has 1 heterocycles. The Morgan fingerprint density at radius 1 is 1.16 bits per heavy atom. The lowest BCUT2D eigenvalue weighted by Crippen LogP contribution is -2.59. The highest BCUT2D eigenvalue weighted by Crippen LogP contribution is 2.35. The summed E-state index contributed by atoms with van der Waals surface area (Å²) < 4.78 is 0. The molecule has 3 unspecified atom stereocenters. The fraction of sp³-hybridized carbons (Fsp3) is 0.867. The van der Waals surface area contributed by atoms with Gasteiger partial charge in [-0.15, -0.1) is 0 Å². The molecule has 1 N–H and O–H groups in total. The number of amides is 2. The van der Waals surface area contributed by atoms with Crippen LogP contribution in [0.5, 0.6) is 0 Å². The molecule has 2 saturated carbocycles. The van der Waals surface area contributed by atoms with Crippen molar-refractivity contribution in [3.8, 4) is 0 Å². The standard InChI is InChI=1S/C15H24N2O2/c1-10-4-2-3-5-12(10)8-17-9-13(18)16-14(15(17)19)11-6-7-11/h10-12,14H,2-9H2,1H3,(H,16,18). The minimum absolute atomic E-state index is 0.0277. The molecule has 0 spiro atoms. The molecule has 3 rings (SSSR count). The highest BCUT2D eigenvalue weighted by atomic mass is 16.2. The summed E-state index contributed by atoms with van der Waals surface area (Å²) in [6.07, 6.45) is 7.24. The Balaban J connectivity index is 1.64. The molecule has 0 radical (unpaired) electrons. The lowest BCUT2D eigenvalue weighted by Gasteiger charge is -2.38. The Bertz CT molecular complexity index is 378. The van der Waals surface area contributed by atoms with E-state index >= 15 is 0 Å². The van der Waals surface area contributed by atoms with Crippen molar-refractivity contribution in [2.45, 2.75) is 51.5 Å². The summed E-state index contributed by atoms with van der Waals surface area (Å²) in [5.41, 5.74) is 0. The molecule has 1 saturated heterocycles. The van der Waals surface area contributed by atoms with E-state index in [4.69, 9.17) is 0 Å². The quantitative estimate of drug-likeness (QED) is 0.841. The second-order valence-corrected chi connectivity index (χ2v) is 6.62. The lowest BCUT2D eigenvalue weighted by molar-refractivity contribution is -0.145. The van der Waals surface area contributed by atoms with E-state index in [9.17, 15) is 9.59 Å². The normalized spacial score (nSPS) is 36.3. The monoisotopic (exact) mass is 264 g/mol. The van der Waals surface area contributed by atoms with Crippen molar-refractivity contribution in [2.24, 2.45) is 17.8 Å². The largest absolute Gasteiger partial charge is 0.342 e. The van der Waals surface area contributed by atoms with Crippen LogP contribution in [0.2, 0.25) is 0 Å². The van der Waals surface area contributed by atoms with Crippen molar-refractivity contribution in [2.75, 3.05) is 13.1 Å². The van der Waals surface area contributed by atoms with Gasteiger partial charge in [0.1, 0.15) is 6.04 Å². The first kappa shape index (κ1) is 12.9. The average Bonchev–Trinajstić information content (AvgIpc) is 3.20. The van der Waals surface area contributed by atoms with E-state index in [1.54, 1.807) is 0 Å². The van der Waals surface area contributed by atoms with E-state index < -0.39 is 0 Å². The maximum absolute atomic E-state index is 12.4. The molecule has 3 fully saturated rings. The third-order valence-corrected chi connectivity index (χ3v) is 5.07. The summed E-state index contributed by atoms with van der Waals surface area (Å²) in [6, 6.07) is -0.222. The third kappa shape index (κ3) is 2.77. The van der Waals surface area contributed by atoms with Crippen LogP contribution in [0.25, 0.3) is 0 Å². The molecule has 3 aliphatic rings. The summed E-state index contributed by atoms with van der Waals surface area (Å²) in [7, 11) is 0. The first-order valence-corrected chi connectivity index (χ1v) is 7.73. The number of nitrogens with one attached hydrogen (secondary N) is 1. The first-order valence-electron chi connectivity index (χ1n) is 7.73. The van der Waals surface area contributed by atoms with Gasteiger partial charge in [-0.2, -0.15) is 0 Å². The molecule has 0 aromatic carbocycles. The number of hydrogen-bond donors (Lipinski definition) is 1. The lowest BCUT2D eigenvalue weighted by atomic mass is 9.80. The van der Waals surface area contributed by atoms with Crippen LogP contribution < -0.4 is 5.32 Å². The zero-order valence-corrected chi connectivity index (χ0v) is 11.7. The minimum atomic E-state index is -0.222. The van der Waals surface area contributed by atoms with E-state index in [2.05, 4.69) is 12.2 Å². The predicted octanol–water partition coefficient (Wildman–Crippen LogP) is 1.55. The van der Waals surface area contributed by atoms with Crippen LogP contribution in [0, 0.1) is 17.8 Å². The molecular weight excluding hydrogens is 240 g/mol. The molecule has 1 aliphatic heterocycles. The van der Waals surface area contributed by atoms with E-state index in [-0.39, 0.29) is 24.4 Å². The number of hydrogen-bond acceptors (Lipinski definition) is 2. The molecule has 0 bridgehead atoms. The summed E-state index contributed by atoms with van der Waals surface area (Å²) in [6.45, 7) is 3.35. The fourth-order valence-corrected chi connectivity index (χ4v) is 3.58. The predicted molar refractivity (Wildman–Crippen MR) is 72.4 cm³/mol. The molecule has 2 amide bonds. The molecule has 4 heteroatoms. The number of carbonyl (C=O) groups is 2. The number of nitrogens with zero attached hydrogens (tertiary/aromatic N) is 1. The van der Waals surface area contributed by atoms with Crippen molar-refractivity contribution < 1.29 is 9.59 Å². The zero-order chi connectivity index (χ0) is 13.4. The maximum Gasteiger partial charge on any atom is 0.245 e. The van der Waals surface area contributed by atoms with Gasteiger partial charge in [-0.1, -0.05) is 26.2 Å². The van der Waals surface area contributed by atoms with Crippen molar-refractivity contribution in [3.05, 3.63) is 0 Å². The Morgan fingerprint density at radius 3 is 2.58 bits per heavy atom. The summed E-state index contributed by atoms with van der Waals surface area (Å²) in [5.74, 6) is 1.87. The van der Waals surface area contributed by atoms with Gasteiger partial charge in [-0.05, 0) is 37.0 Å². The minimum Gasteiger partial charge on any atom is -0.342 e. The Morgan fingerprint density at radius 2 is 1.89 bits per heavy atom. The summed E-state index contributed by atoms with van der Waals surface area (Å²) >= 11 is 0. The number of piperazine rings is 1. The Kier molecular flexibility index (Phi) is 3.50.